The second kappa shape index (κ2) is 5.40. The zero-order valence-electron chi connectivity index (χ0n) is 11.7. The Morgan fingerprint density at radius 3 is 2.57 bits per heavy atom. The van der Waals surface area contributed by atoms with Crippen molar-refractivity contribution in [2.75, 3.05) is 17.7 Å². The van der Waals surface area contributed by atoms with Gasteiger partial charge in [-0.05, 0) is 31.0 Å². The van der Waals surface area contributed by atoms with Crippen molar-refractivity contribution >= 4 is 15.7 Å². The number of hydrogen-bond acceptors (Lipinski definition) is 6. The minimum absolute atomic E-state index is 0.0998. The summed E-state index contributed by atoms with van der Waals surface area (Å²) in [6.07, 6.45) is 8.07. The lowest BCUT2D eigenvalue weighted by molar-refractivity contribution is 0.601. The van der Waals surface area contributed by atoms with Gasteiger partial charge in [-0.15, -0.1) is 0 Å². The topological polar surface area (TPSA) is 76.1 Å². The molecule has 0 radical (unpaired) electrons. The van der Waals surface area contributed by atoms with Gasteiger partial charge in [0, 0.05) is 31.4 Å². The molecule has 0 amide bonds. The van der Waals surface area contributed by atoms with Crippen LogP contribution in [-0.2, 0) is 9.84 Å². The minimum atomic E-state index is -3.21. The quantitative estimate of drug-likeness (QED) is 0.857. The number of aromatic nitrogens is 3. The first-order valence-corrected chi connectivity index (χ1v) is 8.64. The first-order chi connectivity index (χ1) is 10.1. The van der Waals surface area contributed by atoms with Crippen LogP contribution in [0.2, 0.25) is 0 Å². The number of pyridine rings is 1. The molecule has 1 aliphatic rings. The van der Waals surface area contributed by atoms with Gasteiger partial charge in [0.05, 0.1) is 10.9 Å². The highest BCUT2D eigenvalue weighted by Gasteiger charge is 2.29. The van der Waals surface area contributed by atoms with Crippen molar-refractivity contribution in [1.82, 2.24) is 15.0 Å². The van der Waals surface area contributed by atoms with E-state index in [-0.39, 0.29) is 10.9 Å². The molecule has 0 aliphatic carbocycles. The van der Waals surface area contributed by atoms with Crippen LogP contribution in [0.5, 0.6) is 0 Å². The number of rotatable bonds is 3. The van der Waals surface area contributed by atoms with Gasteiger partial charge in [0.2, 0.25) is 0 Å². The SMILES string of the molecule is CS(=O)(=O)c1ccc(N2CCCC2c2ncccn2)nc1. The predicted octanol–water partition coefficient (Wildman–Crippen LogP) is 1.62. The van der Waals surface area contributed by atoms with E-state index in [2.05, 4.69) is 19.9 Å². The van der Waals surface area contributed by atoms with Crippen molar-refractivity contribution in [3.63, 3.8) is 0 Å². The Hall–Kier alpha value is -2.02. The Bertz CT molecular complexity index is 716. The van der Waals surface area contributed by atoms with Crippen molar-refractivity contribution in [3.8, 4) is 0 Å². The average molecular weight is 304 g/mol. The summed E-state index contributed by atoms with van der Waals surface area (Å²) in [6, 6.07) is 5.24. The summed E-state index contributed by atoms with van der Waals surface area (Å²) >= 11 is 0. The summed E-state index contributed by atoms with van der Waals surface area (Å²) in [5, 5.41) is 0. The molecule has 2 aromatic rings. The van der Waals surface area contributed by atoms with Crippen LogP contribution in [0.15, 0.2) is 41.7 Å². The molecule has 0 aromatic carbocycles. The fourth-order valence-electron chi connectivity index (χ4n) is 2.55. The van der Waals surface area contributed by atoms with Crippen LogP contribution in [0.4, 0.5) is 5.82 Å². The summed E-state index contributed by atoms with van der Waals surface area (Å²) in [5.74, 6) is 1.54. The number of nitrogens with zero attached hydrogens (tertiary/aromatic N) is 4. The highest BCUT2D eigenvalue weighted by atomic mass is 32.2. The number of hydrogen-bond donors (Lipinski definition) is 0. The molecule has 6 nitrogen and oxygen atoms in total. The van der Waals surface area contributed by atoms with Gasteiger partial charge < -0.3 is 4.90 Å². The Balaban J connectivity index is 1.89. The molecule has 7 heteroatoms. The third-order valence-electron chi connectivity index (χ3n) is 3.58. The van der Waals surface area contributed by atoms with Gasteiger partial charge in [-0.2, -0.15) is 0 Å². The number of sulfone groups is 1. The van der Waals surface area contributed by atoms with Crippen LogP contribution in [0, 0.1) is 0 Å². The third kappa shape index (κ3) is 2.87. The minimum Gasteiger partial charge on any atom is -0.346 e. The highest BCUT2D eigenvalue weighted by molar-refractivity contribution is 7.90. The molecule has 1 fully saturated rings. The molecule has 0 spiro atoms. The second-order valence-corrected chi connectivity index (χ2v) is 7.10. The molecule has 110 valence electrons. The zero-order chi connectivity index (χ0) is 14.9. The molecule has 3 rings (SSSR count). The maximum Gasteiger partial charge on any atom is 0.177 e. The Morgan fingerprint density at radius 1 is 1.19 bits per heavy atom. The van der Waals surface area contributed by atoms with E-state index in [1.807, 2.05) is 0 Å². The molecule has 0 bridgehead atoms. The van der Waals surface area contributed by atoms with Gasteiger partial charge in [-0.25, -0.2) is 23.4 Å². The fourth-order valence-corrected chi connectivity index (χ4v) is 3.11. The Morgan fingerprint density at radius 2 is 1.95 bits per heavy atom. The van der Waals surface area contributed by atoms with Gasteiger partial charge >= 0.3 is 0 Å². The molecule has 1 unspecified atom stereocenters. The van der Waals surface area contributed by atoms with Crippen molar-refractivity contribution < 1.29 is 8.42 Å². The maximum atomic E-state index is 11.5. The van der Waals surface area contributed by atoms with Crippen molar-refractivity contribution in [3.05, 3.63) is 42.6 Å². The molecule has 1 atom stereocenters. The molecule has 21 heavy (non-hydrogen) atoms. The highest BCUT2D eigenvalue weighted by Crippen LogP contribution is 2.33. The summed E-state index contributed by atoms with van der Waals surface area (Å²) < 4.78 is 23.0. The van der Waals surface area contributed by atoms with Crippen LogP contribution in [-0.4, -0.2) is 36.2 Å². The first kappa shape index (κ1) is 13.9. The van der Waals surface area contributed by atoms with Crippen LogP contribution in [0.25, 0.3) is 0 Å². The van der Waals surface area contributed by atoms with E-state index in [1.54, 1.807) is 30.6 Å². The smallest absolute Gasteiger partial charge is 0.177 e. The molecule has 0 saturated carbocycles. The fraction of sp³-hybridized carbons (Fsp3) is 0.357. The van der Waals surface area contributed by atoms with E-state index in [4.69, 9.17) is 0 Å². The Kier molecular flexibility index (Phi) is 3.59. The lowest BCUT2D eigenvalue weighted by atomic mass is 10.2. The molecule has 1 saturated heterocycles. The second-order valence-electron chi connectivity index (χ2n) is 5.08. The molecule has 1 aliphatic heterocycles. The standard InChI is InChI=1S/C14H16N4O2S/c1-21(19,20)11-5-6-13(17-10-11)18-9-2-4-12(18)14-15-7-3-8-16-14/h3,5-8,10,12H,2,4,9H2,1H3. The van der Waals surface area contributed by atoms with E-state index in [0.717, 1.165) is 31.0 Å². The van der Waals surface area contributed by atoms with Crippen LogP contribution < -0.4 is 4.90 Å². The first-order valence-electron chi connectivity index (χ1n) is 6.75. The largest absolute Gasteiger partial charge is 0.346 e. The van der Waals surface area contributed by atoms with Gasteiger partial charge in [0.1, 0.15) is 5.82 Å². The molecular weight excluding hydrogens is 288 g/mol. The summed E-state index contributed by atoms with van der Waals surface area (Å²) in [4.78, 5) is 15.3. The van der Waals surface area contributed by atoms with Crippen molar-refractivity contribution in [1.29, 1.82) is 0 Å². The van der Waals surface area contributed by atoms with Gasteiger partial charge in [0.15, 0.2) is 15.7 Å². The van der Waals surface area contributed by atoms with Crippen LogP contribution >= 0.6 is 0 Å². The van der Waals surface area contributed by atoms with Gasteiger partial charge in [-0.1, -0.05) is 0 Å². The average Bonchev–Trinajstić information content (AvgIpc) is 2.97. The lowest BCUT2D eigenvalue weighted by Crippen LogP contribution is -2.25. The molecule has 3 heterocycles. The lowest BCUT2D eigenvalue weighted by Gasteiger charge is -2.24. The van der Waals surface area contributed by atoms with E-state index in [1.165, 1.54) is 12.5 Å². The van der Waals surface area contributed by atoms with E-state index in [9.17, 15) is 8.42 Å². The maximum absolute atomic E-state index is 11.5. The molecule has 0 N–H and O–H groups in total. The third-order valence-corrected chi connectivity index (χ3v) is 4.68. The normalized spacial score (nSPS) is 18.9. The summed E-state index contributed by atoms with van der Waals surface area (Å²) in [7, 11) is -3.21. The zero-order valence-corrected chi connectivity index (χ0v) is 12.5. The van der Waals surface area contributed by atoms with Crippen LogP contribution in [0.1, 0.15) is 24.7 Å². The predicted molar refractivity (Wildman–Crippen MR) is 78.7 cm³/mol. The van der Waals surface area contributed by atoms with E-state index in [0.29, 0.717) is 0 Å². The van der Waals surface area contributed by atoms with Gasteiger partial charge in [-0.3, -0.25) is 0 Å². The Labute approximate surface area is 123 Å². The van der Waals surface area contributed by atoms with Crippen LogP contribution in [0.3, 0.4) is 0 Å². The summed E-state index contributed by atoms with van der Waals surface area (Å²) in [6.45, 7) is 0.869. The van der Waals surface area contributed by atoms with Crippen molar-refractivity contribution in [2.45, 2.75) is 23.8 Å². The molecule has 2 aromatic heterocycles. The van der Waals surface area contributed by atoms with Crippen molar-refractivity contribution in [2.24, 2.45) is 0 Å². The summed E-state index contributed by atoms with van der Waals surface area (Å²) in [5.41, 5.74) is 0. The van der Waals surface area contributed by atoms with Gasteiger partial charge in [0.25, 0.3) is 0 Å². The molecular formula is C14H16N4O2S. The number of anilines is 1. The van der Waals surface area contributed by atoms with E-state index < -0.39 is 9.84 Å². The monoisotopic (exact) mass is 304 g/mol. The van der Waals surface area contributed by atoms with E-state index >= 15 is 0 Å².